The van der Waals surface area contributed by atoms with Gasteiger partial charge in [-0.25, -0.2) is 0 Å². The predicted molar refractivity (Wildman–Crippen MR) is 98.5 cm³/mol. The molecule has 0 bridgehead atoms. The van der Waals surface area contributed by atoms with Crippen molar-refractivity contribution in [3.8, 4) is 0 Å². The Hall–Kier alpha value is -2.26. The van der Waals surface area contributed by atoms with Gasteiger partial charge < -0.3 is 15.5 Å². The van der Waals surface area contributed by atoms with Crippen LogP contribution in [0, 0.1) is 10.1 Å². The fourth-order valence-corrected chi connectivity index (χ4v) is 2.98. The van der Waals surface area contributed by atoms with Gasteiger partial charge in [0.05, 0.1) is 11.5 Å². The van der Waals surface area contributed by atoms with E-state index in [0.717, 1.165) is 44.7 Å². The predicted octanol–water partition coefficient (Wildman–Crippen LogP) is 1.19. The van der Waals surface area contributed by atoms with E-state index >= 15 is 0 Å². The van der Waals surface area contributed by atoms with E-state index in [1.165, 1.54) is 12.1 Å². The molecule has 0 atom stereocenters. The highest BCUT2D eigenvalue weighted by Crippen LogP contribution is 2.18. The Balaban J connectivity index is 1.43. The smallest absolute Gasteiger partial charge is 0.269 e. The molecule has 1 saturated carbocycles. The highest BCUT2D eigenvalue weighted by Gasteiger charge is 2.25. The number of rotatable bonds is 5. The zero-order chi connectivity index (χ0) is 17.8. The number of piperazine rings is 1. The van der Waals surface area contributed by atoms with Crippen LogP contribution < -0.4 is 10.6 Å². The summed E-state index contributed by atoms with van der Waals surface area (Å²) in [7, 11) is 0. The quantitative estimate of drug-likeness (QED) is 0.461. The Morgan fingerprint density at radius 2 is 1.84 bits per heavy atom. The van der Waals surface area contributed by atoms with Crippen molar-refractivity contribution in [1.29, 1.82) is 0 Å². The molecule has 1 aliphatic carbocycles. The van der Waals surface area contributed by atoms with Gasteiger partial charge in [0.1, 0.15) is 0 Å². The summed E-state index contributed by atoms with van der Waals surface area (Å²) in [5.74, 6) is 0.0996. The summed E-state index contributed by atoms with van der Waals surface area (Å²) in [4.78, 5) is 26.3. The first-order valence-electron chi connectivity index (χ1n) is 8.33. The van der Waals surface area contributed by atoms with Crippen molar-refractivity contribution < 1.29 is 9.72 Å². The number of carbonyl (C=O) groups excluding carboxylic acids is 1. The van der Waals surface area contributed by atoms with Crippen LogP contribution in [0.15, 0.2) is 24.3 Å². The van der Waals surface area contributed by atoms with Crippen LogP contribution in [0.1, 0.15) is 12.8 Å². The van der Waals surface area contributed by atoms with Crippen LogP contribution in [0.3, 0.4) is 0 Å². The van der Waals surface area contributed by atoms with E-state index < -0.39 is 4.92 Å². The number of benzene rings is 1. The highest BCUT2D eigenvalue weighted by molar-refractivity contribution is 7.80. The Kier molecular flexibility index (Phi) is 5.44. The SMILES string of the molecule is O=C(CN1CCN(C(=S)Nc2ccc([N+](=O)[O-])cc2)CC1)NC1CC1. The number of nitro groups is 1. The third-order valence-electron chi connectivity index (χ3n) is 4.30. The second-order valence-electron chi connectivity index (χ2n) is 6.34. The first-order valence-corrected chi connectivity index (χ1v) is 8.74. The summed E-state index contributed by atoms with van der Waals surface area (Å²) in [5.41, 5.74) is 0.774. The van der Waals surface area contributed by atoms with Gasteiger partial charge in [-0.1, -0.05) is 0 Å². The van der Waals surface area contributed by atoms with Crippen LogP contribution >= 0.6 is 12.2 Å². The van der Waals surface area contributed by atoms with Crippen molar-refractivity contribution in [3.63, 3.8) is 0 Å². The molecular weight excluding hydrogens is 342 g/mol. The van der Waals surface area contributed by atoms with Crippen molar-refractivity contribution in [1.82, 2.24) is 15.1 Å². The molecule has 0 unspecified atom stereocenters. The largest absolute Gasteiger partial charge is 0.352 e. The maximum Gasteiger partial charge on any atom is 0.269 e. The second-order valence-corrected chi connectivity index (χ2v) is 6.73. The molecule has 1 aliphatic heterocycles. The normalized spacial score (nSPS) is 17.8. The van der Waals surface area contributed by atoms with Crippen molar-refractivity contribution in [3.05, 3.63) is 34.4 Å². The molecule has 1 saturated heterocycles. The van der Waals surface area contributed by atoms with Crippen LogP contribution in [-0.2, 0) is 4.79 Å². The van der Waals surface area contributed by atoms with Gasteiger partial charge in [-0.05, 0) is 37.2 Å². The lowest BCUT2D eigenvalue weighted by Crippen LogP contribution is -2.52. The van der Waals surface area contributed by atoms with Gasteiger partial charge in [0.15, 0.2) is 5.11 Å². The van der Waals surface area contributed by atoms with E-state index in [1.807, 2.05) is 4.90 Å². The molecular formula is C16H21N5O3S. The third-order valence-corrected chi connectivity index (χ3v) is 4.66. The molecule has 1 amide bonds. The summed E-state index contributed by atoms with van der Waals surface area (Å²) in [6, 6.07) is 6.57. The molecule has 1 heterocycles. The molecule has 1 aromatic carbocycles. The Bertz CT molecular complexity index is 654. The van der Waals surface area contributed by atoms with Crippen LogP contribution in [-0.4, -0.2) is 64.5 Å². The fourth-order valence-electron chi connectivity index (χ4n) is 2.68. The number of nitro benzene ring substituents is 1. The van der Waals surface area contributed by atoms with Crippen LogP contribution in [0.25, 0.3) is 0 Å². The Morgan fingerprint density at radius 1 is 1.20 bits per heavy atom. The zero-order valence-corrected chi connectivity index (χ0v) is 14.6. The molecule has 25 heavy (non-hydrogen) atoms. The molecule has 2 fully saturated rings. The molecule has 0 aromatic heterocycles. The third kappa shape index (κ3) is 5.10. The first-order chi connectivity index (χ1) is 12.0. The van der Waals surface area contributed by atoms with Gasteiger partial charge in [0, 0.05) is 50.0 Å². The molecule has 134 valence electrons. The number of hydrogen-bond acceptors (Lipinski definition) is 5. The van der Waals surface area contributed by atoms with Gasteiger partial charge in [-0.15, -0.1) is 0 Å². The summed E-state index contributed by atoms with van der Waals surface area (Å²) in [5, 5.41) is 17.4. The molecule has 0 spiro atoms. The lowest BCUT2D eigenvalue weighted by Gasteiger charge is -2.35. The van der Waals surface area contributed by atoms with Crippen molar-refractivity contribution in [2.24, 2.45) is 0 Å². The van der Waals surface area contributed by atoms with E-state index in [0.29, 0.717) is 17.7 Å². The first kappa shape index (κ1) is 17.6. The van der Waals surface area contributed by atoms with E-state index in [9.17, 15) is 14.9 Å². The number of non-ortho nitro benzene ring substituents is 1. The van der Waals surface area contributed by atoms with Crippen LogP contribution in [0.2, 0.25) is 0 Å². The maximum atomic E-state index is 11.8. The zero-order valence-electron chi connectivity index (χ0n) is 13.8. The summed E-state index contributed by atoms with van der Waals surface area (Å²) >= 11 is 5.42. The van der Waals surface area contributed by atoms with Gasteiger partial charge in [0.25, 0.3) is 5.69 Å². The average molecular weight is 363 g/mol. The minimum atomic E-state index is -0.430. The van der Waals surface area contributed by atoms with Crippen LogP contribution in [0.4, 0.5) is 11.4 Å². The number of hydrogen-bond donors (Lipinski definition) is 2. The molecule has 8 nitrogen and oxygen atoms in total. The van der Waals surface area contributed by atoms with Crippen molar-refractivity contribution >= 4 is 34.6 Å². The maximum absolute atomic E-state index is 11.8. The summed E-state index contributed by atoms with van der Waals surface area (Å²) in [6.45, 7) is 3.48. The number of nitrogens with one attached hydrogen (secondary N) is 2. The van der Waals surface area contributed by atoms with E-state index in [1.54, 1.807) is 12.1 Å². The van der Waals surface area contributed by atoms with Gasteiger partial charge in [-0.2, -0.15) is 0 Å². The fraction of sp³-hybridized carbons (Fsp3) is 0.500. The molecule has 1 aromatic rings. The monoisotopic (exact) mass is 363 g/mol. The van der Waals surface area contributed by atoms with Crippen molar-refractivity contribution in [2.45, 2.75) is 18.9 Å². The molecule has 0 radical (unpaired) electrons. The highest BCUT2D eigenvalue weighted by atomic mass is 32.1. The Labute approximate surface area is 151 Å². The van der Waals surface area contributed by atoms with E-state index in [2.05, 4.69) is 15.5 Å². The van der Waals surface area contributed by atoms with E-state index in [-0.39, 0.29) is 11.6 Å². The summed E-state index contributed by atoms with van der Waals surface area (Å²) in [6.07, 6.45) is 2.20. The molecule has 9 heteroatoms. The molecule has 2 aliphatic rings. The lowest BCUT2D eigenvalue weighted by atomic mass is 10.3. The lowest BCUT2D eigenvalue weighted by molar-refractivity contribution is -0.384. The molecule has 3 rings (SSSR count). The van der Waals surface area contributed by atoms with Gasteiger partial charge in [0.2, 0.25) is 5.91 Å². The standard InChI is InChI=1S/C16H21N5O3S/c22-15(17-12-1-2-12)11-19-7-9-20(10-8-19)16(25)18-13-3-5-14(6-4-13)21(23)24/h3-6,12H,1-2,7-11H2,(H,17,22)(H,18,25). The van der Waals surface area contributed by atoms with Gasteiger partial charge in [-0.3, -0.25) is 19.8 Å². The second kappa shape index (κ2) is 7.75. The average Bonchev–Trinajstić information content (AvgIpc) is 3.39. The number of nitrogens with zero attached hydrogens (tertiary/aromatic N) is 3. The minimum absolute atomic E-state index is 0.0505. The number of thiocarbonyl (C=S) groups is 1. The minimum Gasteiger partial charge on any atom is -0.352 e. The number of carbonyl (C=O) groups is 1. The van der Waals surface area contributed by atoms with Crippen molar-refractivity contribution in [2.75, 3.05) is 38.0 Å². The van der Waals surface area contributed by atoms with Gasteiger partial charge >= 0.3 is 0 Å². The van der Waals surface area contributed by atoms with E-state index in [4.69, 9.17) is 12.2 Å². The number of anilines is 1. The number of amides is 1. The molecule has 2 N–H and O–H groups in total. The summed E-state index contributed by atoms with van der Waals surface area (Å²) < 4.78 is 0. The topological polar surface area (TPSA) is 90.8 Å². The Morgan fingerprint density at radius 3 is 2.40 bits per heavy atom. The van der Waals surface area contributed by atoms with Crippen LogP contribution in [0.5, 0.6) is 0 Å².